The Hall–Kier alpha value is -7.55. The van der Waals surface area contributed by atoms with E-state index in [2.05, 4.69) is 16.0 Å². The van der Waals surface area contributed by atoms with E-state index >= 15 is 0 Å². The summed E-state index contributed by atoms with van der Waals surface area (Å²) in [5.41, 5.74) is 0.181. The number of aryl methyl sites for hydroxylation is 1. The summed E-state index contributed by atoms with van der Waals surface area (Å²) in [4.78, 5) is 80.3. The number of aliphatic hydroxyl groups is 5. The van der Waals surface area contributed by atoms with Crippen molar-refractivity contribution < 1.29 is 82.8 Å². The predicted octanol–water partition coefficient (Wildman–Crippen LogP) is 3.99. The second-order valence-corrected chi connectivity index (χ2v) is 18.7. The van der Waals surface area contributed by atoms with Crippen LogP contribution >= 0.6 is 0 Å². The Labute approximate surface area is 423 Å². The van der Waals surface area contributed by atoms with Crippen LogP contribution < -0.4 is 35.1 Å². The number of carbonyl (C=O) groups excluding carboxylic acids is 5. The lowest BCUT2D eigenvalue weighted by Crippen LogP contribution is -2.60. The largest absolute Gasteiger partial charge is 0.493 e. The first-order valence-electron chi connectivity index (χ1n) is 23.6. The quantitative estimate of drug-likeness (QED) is 0.0447. The average Bonchev–Trinajstić information content (AvgIpc) is 3.70. The number of nitrogens with zero attached hydrogens (tertiary/aromatic N) is 4. The molecule has 7 rings (SSSR count). The van der Waals surface area contributed by atoms with E-state index in [1.54, 1.807) is 62.8 Å². The molecule has 3 aromatic carbocycles. The van der Waals surface area contributed by atoms with Crippen molar-refractivity contribution in [2.24, 2.45) is 7.05 Å². The minimum atomic E-state index is -1.85. The molecule has 398 valence electrons. The highest BCUT2D eigenvalue weighted by Gasteiger charge is 2.46. The van der Waals surface area contributed by atoms with E-state index in [1.807, 2.05) is 0 Å². The molecule has 8 N–H and O–H groups in total. The fourth-order valence-electron chi connectivity index (χ4n) is 8.54. The van der Waals surface area contributed by atoms with Crippen molar-refractivity contribution >= 4 is 58.3 Å². The number of aromatic nitrogens is 1. The fraction of sp³-hybridized carbons (Fsp3) is 0.449. The van der Waals surface area contributed by atoms with E-state index in [1.165, 1.54) is 36.3 Å². The lowest BCUT2D eigenvalue weighted by atomic mass is 9.99. The molecule has 7 atom stereocenters. The minimum Gasteiger partial charge on any atom is -0.493 e. The van der Waals surface area contributed by atoms with Crippen LogP contribution in [0, 0.1) is 10.1 Å². The lowest BCUT2D eigenvalue weighted by molar-refractivity contribution is -0.387. The van der Waals surface area contributed by atoms with Crippen LogP contribution in [0.25, 0.3) is 0 Å². The molecule has 0 bridgehead atoms. The standard InChI is InChI=1S/C49H59N7O18/c1-49(2,3)74-47(65)52-28-14-12-27(13-15-28)51-43(62)34-20-29(23-53(34)4)50-39(58)10-8-18-70-37-22-32-30(21-36(37)69-5)44(63)54-17-7-6-9-31(54)45(64)55(32)48(66)71-25-26-11-16-35(33(19-26)56(67)68)72-46-42(61)41(60)40(59)38(24-57)73-46/h11-16,19-23,31,38,40-42,45-46,57,59-61,64H,6-10,17-18,24-25H2,1-5H3,(H,50,58)(H,51,62)(H,52,65)/t31-,38+,40+,41-,42+,45?,46+/m0/s1. The number of methoxy groups -OCH3 is 1. The number of rotatable bonds is 16. The van der Waals surface area contributed by atoms with Crippen molar-refractivity contribution in [1.29, 1.82) is 0 Å². The zero-order chi connectivity index (χ0) is 53.6. The molecule has 3 aliphatic heterocycles. The van der Waals surface area contributed by atoms with Gasteiger partial charge in [0.25, 0.3) is 11.8 Å². The van der Waals surface area contributed by atoms with E-state index in [0.717, 1.165) is 17.0 Å². The summed E-state index contributed by atoms with van der Waals surface area (Å²) >= 11 is 0. The molecule has 25 heteroatoms. The molecule has 1 unspecified atom stereocenters. The van der Waals surface area contributed by atoms with E-state index in [4.69, 9.17) is 28.4 Å². The van der Waals surface area contributed by atoms with E-state index < -0.39 is 108 Å². The average molecular weight is 1030 g/mol. The van der Waals surface area contributed by atoms with Gasteiger partial charge in [0.15, 0.2) is 23.5 Å². The van der Waals surface area contributed by atoms with Crippen LogP contribution in [0.5, 0.6) is 17.2 Å². The molecular weight excluding hydrogens is 975 g/mol. The number of anilines is 4. The summed E-state index contributed by atoms with van der Waals surface area (Å²) < 4.78 is 34.9. The topological polar surface area (TPSA) is 333 Å². The Balaban J connectivity index is 0.994. The van der Waals surface area contributed by atoms with E-state index in [-0.39, 0.29) is 60.0 Å². The van der Waals surface area contributed by atoms with Crippen LogP contribution in [0.4, 0.5) is 38.0 Å². The molecule has 0 aliphatic carbocycles. The number of fused-ring (bicyclic) bond motifs is 2. The number of hydrogen-bond acceptors (Lipinski definition) is 18. The summed E-state index contributed by atoms with van der Waals surface area (Å²) in [6.45, 7) is 4.14. The number of nitrogens with one attached hydrogen (secondary N) is 3. The van der Waals surface area contributed by atoms with E-state index in [0.29, 0.717) is 36.3 Å². The van der Waals surface area contributed by atoms with Crippen molar-refractivity contribution in [1.82, 2.24) is 9.47 Å². The highest BCUT2D eigenvalue weighted by Crippen LogP contribution is 2.41. The number of aliphatic hydroxyl groups excluding tert-OH is 5. The molecule has 74 heavy (non-hydrogen) atoms. The van der Waals surface area contributed by atoms with Crippen molar-refractivity contribution in [3.63, 3.8) is 0 Å². The number of piperidine rings is 1. The molecule has 5 amide bonds. The maximum absolute atomic E-state index is 14.1. The number of benzene rings is 3. The second-order valence-electron chi connectivity index (χ2n) is 18.7. The third-order valence-corrected chi connectivity index (χ3v) is 12.2. The lowest BCUT2D eigenvalue weighted by Gasteiger charge is -2.39. The Morgan fingerprint density at radius 2 is 1.59 bits per heavy atom. The number of nitro groups is 1. The zero-order valence-corrected chi connectivity index (χ0v) is 41.1. The predicted molar refractivity (Wildman–Crippen MR) is 261 cm³/mol. The normalized spacial score (nSPS) is 21.5. The van der Waals surface area contributed by atoms with Gasteiger partial charge in [-0.15, -0.1) is 0 Å². The third kappa shape index (κ3) is 12.6. The van der Waals surface area contributed by atoms with Gasteiger partial charge in [0.05, 0.1) is 48.2 Å². The second kappa shape index (κ2) is 23.1. The van der Waals surface area contributed by atoms with Gasteiger partial charge in [-0.2, -0.15) is 0 Å². The number of carbonyl (C=O) groups is 5. The summed E-state index contributed by atoms with van der Waals surface area (Å²) in [6.07, 6.45) is -8.42. The maximum atomic E-state index is 14.1. The fourth-order valence-corrected chi connectivity index (χ4v) is 8.54. The van der Waals surface area contributed by atoms with Gasteiger partial charge in [-0.05, 0) is 94.5 Å². The molecule has 4 aromatic rings. The van der Waals surface area contributed by atoms with Crippen LogP contribution in [0.3, 0.4) is 0 Å². The van der Waals surface area contributed by atoms with Crippen molar-refractivity contribution in [2.45, 2.75) is 108 Å². The van der Waals surface area contributed by atoms with Crippen molar-refractivity contribution in [2.75, 3.05) is 47.7 Å². The maximum Gasteiger partial charge on any atom is 0.416 e. The number of amides is 5. The van der Waals surface area contributed by atoms with Gasteiger partial charge < -0.3 is 74.1 Å². The first kappa shape index (κ1) is 54.2. The van der Waals surface area contributed by atoms with Crippen molar-refractivity contribution in [3.05, 3.63) is 93.8 Å². The Bertz CT molecular complexity index is 2720. The smallest absolute Gasteiger partial charge is 0.416 e. The van der Waals surface area contributed by atoms with Gasteiger partial charge in [0.1, 0.15) is 42.3 Å². The van der Waals surface area contributed by atoms with Crippen LogP contribution in [-0.4, -0.2) is 145 Å². The molecular formula is C49H59N7O18. The molecule has 2 saturated heterocycles. The number of ether oxygens (including phenoxy) is 6. The SMILES string of the molecule is COc1cc2c(cc1OCCCC(=O)Nc1cc(C(=O)Nc3ccc(NC(=O)OC(C)(C)C)cc3)n(C)c1)N(C(=O)OCc1ccc(O[C@@H]3O[C@H](CO)[C@@H](O)[C@H](O)[C@H]3O)c([N+](=O)[O-])c1)C(O)[C@@H]1CCCCN1C2=O. The molecule has 0 radical (unpaired) electrons. The molecule has 3 aliphatic rings. The molecule has 4 heterocycles. The van der Waals surface area contributed by atoms with Gasteiger partial charge in [-0.25, -0.2) is 14.5 Å². The summed E-state index contributed by atoms with van der Waals surface area (Å²) in [5.74, 6) is -1.59. The minimum absolute atomic E-state index is 0.0132. The van der Waals surface area contributed by atoms with Gasteiger partial charge in [0, 0.05) is 49.7 Å². The van der Waals surface area contributed by atoms with Crippen LogP contribution in [0.15, 0.2) is 66.9 Å². The van der Waals surface area contributed by atoms with Gasteiger partial charge in [-0.3, -0.25) is 29.8 Å². The van der Waals surface area contributed by atoms with Crippen LogP contribution in [0.1, 0.15) is 79.3 Å². The number of hydrogen-bond donors (Lipinski definition) is 8. The third-order valence-electron chi connectivity index (χ3n) is 12.2. The monoisotopic (exact) mass is 1030 g/mol. The van der Waals surface area contributed by atoms with Crippen LogP contribution in [-0.2, 0) is 32.7 Å². The van der Waals surface area contributed by atoms with Gasteiger partial charge in [0.2, 0.25) is 12.2 Å². The van der Waals surface area contributed by atoms with Gasteiger partial charge >= 0.3 is 17.9 Å². The first-order valence-corrected chi connectivity index (χ1v) is 23.6. The highest BCUT2D eigenvalue weighted by atomic mass is 16.7. The number of nitro benzene ring substituents is 1. The Morgan fingerprint density at radius 3 is 2.27 bits per heavy atom. The summed E-state index contributed by atoms with van der Waals surface area (Å²) in [5, 5.41) is 72.4. The summed E-state index contributed by atoms with van der Waals surface area (Å²) in [6, 6.07) is 13.3. The molecule has 0 spiro atoms. The summed E-state index contributed by atoms with van der Waals surface area (Å²) in [7, 11) is 2.99. The first-order chi connectivity index (χ1) is 35.2. The molecule has 2 fully saturated rings. The Morgan fingerprint density at radius 1 is 0.878 bits per heavy atom. The molecule has 1 aromatic heterocycles. The van der Waals surface area contributed by atoms with Crippen molar-refractivity contribution in [3.8, 4) is 17.2 Å². The van der Waals surface area contributed by atoms with E-state index in [9.17, 15) is 59.6 Å². The van der Waals surface area contributed by atoms with Gasteiger partial charge in [-0.1, -0.05) is 6.07 Å². The highest BCUT2D eigenvalue weighted by molar-refractivity contribution is 6.06. The zero-order valence-electron chi connectivity index (χ0n) is 41.1. The van der Waals surface area contributed by atoms with Crippen LogP contribution in [0.2, 0.25) is 0 Å². The Kier molecular flexibility index (Phi) is 16.9. The molecule has 25 nitrogen and oxygen atoms in total. The molecule has 0 saturated carbocycles.